The van der Waals surface area contributed by atoms with Crippen molar-refractivity contribution >= 4 is 17.4 Å². The van der Waals surface area contributed by atoms with Gasteiger partial charge >= 0.3 is 0 Å². The van der Waals surface area contributed by atoms with Crippen molar-refractivity contribution in [3.8, 4) is 0 Å². The number of Topliss-reactive ketones (excluding diaryl/α,β-unsaturated/α-hetero) is 1. The van der Waals surface area contributed by atoms with Crippen LogP contribution in [0.3, 0.4) is 0 Å². The maximum absolute atomic E-state index is 13.3. The van der Waals surface area contributed by atoms with Gasteiger partial charge in [-0.05, 0) is 19.1 Å². The van der Waals surface area contributed by atoms with Crippen molar-refractivity contribution < 1.29 is 13.9 Å². The van der Waals surface area contributed by atoms with Crippen molar-refractivity contribution in [1.82, 2.24) is 0 Å². The summed E-state index contributed by atoms with van der Waals surface area (Å²) in [6, 6.07) is 4.32. The molecule has 2 nitrogen and oxygen atoms in total. The number of halogens is 2. The maximum atomic E-state index is 13.3. The highest BCUT2D eigenvalue weighted by Gasteiger charge is 2.13. The van der Waals surface area contributed by atoms with E-state index in [9.17, 15) is 9.18 Å². The minimum atomic E-state index is -0.682. The Morgan fingerprint density at radius 3 is 2.93 bits per heavy atom. The number of rotatable bonds is 4. The average Bonchev–Trinajstić information content (AvgIpc) is 2.18. The number of carbonyl (C=O) groups is 1. The second kappa shape index (κ2) is 5.08. The number of ketones is 1. The molecular weight excluding hydrogens is 207 g/mol. The van der Waals surface area contributed by atoms with Gasteiger partial charge in [-0.2, -0.15) is 0 Å². The first-order valence-corrected chi connectivity index (χ1v) is 4.59. The Kier molecular flexibility index (Phi) is 4.04. The molecule has 1 rings (SSSR count). The van der Waals surface area contributed by atoms with E-state index in [1.165, 1.54) is 18.2 Å². The molecule has 0 unspecified atom stereocenters. The third-order valence-corrected chi connectivity index (χ3v) is 1.98. The van der Waals surface area contributed by atoms with Crippen LogP contribution in [0.1, 0.15) is 17.3 Å². The van der Waals surface area contributed by atoms with E-state index in [1.54, 1.807) is 6.92 Å². The van der Waals surface area contributed by atoms with Gasteiger partial charge in [0.05, 0.1) is 10.6 Å². The van der Waals surface area contributed by atoms with Crippen LogP contribution in [0.4, 0.5) is 4.39 Å². The fourth-order valence-electron chi connectivity index (χ4n) is 0.992. The first kappa shape index (κ1) is 11.1. The third kappa shape index (κ3) is 2.53. The standard InChI is InChI=1S/C10H10ClFO2/c1-2-14-6-9(13)7-4-3-5-8(11)10(7)12/h3-5H,2,6H2,1H3. The van der Waals surface area contributed by atoms with Gasteiger partial charge in [0.2, 0.25) is 0 Å². The lowest BCUT2D eigenvalue weighted by Gasteiger charge is -2.03. The molecule has 0 aliphatic rings. The summed E-state index contributed by atoms with van der Waals surface area (Å²) < 4.78 is 18.2. The molecule has 0 atom stereocenters. The molecule has 0 N–H and O–H groups in total. The summed E-state index contributed by atoms with van der Waals surface area (Å²) in [4.78, 5) is 11.4. The molecule has 1 aromatic carbocycles. The maximum Gasteiger partial charge on any atom is 0.191 e. The predicted molar refractivity (Wildman–Crippen MR) is 52.2 cm³/mol. The van der Waals surface area contributed by atoms with Crippen LogP contribution < -0.4 is 0 Å². The van der Waals surface area contributed by atoms with Gasteiger partial charge in [0.1, 0.15) is 6.61 Å². The quantitative estimate of drug-likeness (QED) is 0.724. The highest BCUT2D eigenvalue weighted by molar-refractivity contribution is 6.31. The van der Waals surface area contributed by atoms with Crippen molar-refractivity contribution in [3.63, 3.8) is 0 Å². The highest BCUT2D eigenvalue weighted by atomic mass is 35.5. The molecule has 4 heteroatoms. The lowest BCUT2D eigenvalue weighted by molar-refractivity contribution is 0.0779. The molecule has 0 heterocycles. The van der Waals surface area contributed by atoms with Crippen molar-refractivity contribution in [1.29, 1.82) is 0 Å². The van der Waals surface area contributed by atoms with Crippen LogP contribution >= 0.6 is 11.6 Å². The molecule has 0 saturated heterocycles. The smallest absolute Gasteiger partial charge is 0.191 e. The molecule has 0 saturated carbocycles. The lowest BCUT2D eigenvalue weighted by Crippen LogP contribution is -2.10. The van der Waals surface area contributed by atoms with Crippen molar-refractivity contribution in [2.24, 2.45) is 0 Å². The second-order valence-corrected chi connectivity index (χ2v) is 3.07. The molecule has 0 radical (unpaired) electrons. The Balaban J connectivity index is 2.84. The topological polar surface area (TPSA) is 26.3 Å². The second-order valence-electron chi connectivity index (χ2n) is 2.66. The van der Waals surface area contributed by atoms with Crippen LogP contribution in [0, 0.1) is 5.82 Å². The molecule has 0 aliphatic heterocycles. The van der Waals surface area contributed by atoms with Crippen LogP contribution in [-0.2, 0) is 4.74 Å². The zero-order chi connectivity index (χ0) is 10.6. The van der Waals surface area contributed by atoms with E-state index in [0.717, 1.165) is 0 Å². The minimum absolute atomic E-state index is 0.0223. The fourth-order valence-corrected chi connectivity index (χ4v) is 1.17. The van der Waals surface area contributed by atoms with Gasteiger partial charge in [-0.15, -0.1) is 0 Å². The van der Waals surface area contributed by atoms with E-state index < -0.39 is 11.6 Å². The Labute approximate surface area is 86.6 Å². The molecule has 1 aromatic rings. The van der Waals surface area contributed by atoms with Gasteiger partial charge in [-0.1, -0.05) is 17.7 Å². The van der Waals surface area contributed by atoms with E-state index in [0.29, 0.717) is 6.61 Å². The summed E-state index contributed by atoms with van der Waals surface area (Å²) in [7, 11) is 0. The molecule has 0 fully saturated rings. The Hall–Kier alpha value is -0.930. The molecular formula is C10H10ClFO2. The summed E-state index contributed by atoms with van der Waals surface area (Å²) in [6.07, 6.45) is 0. The van der Waals surface area contributed by atoms with Gasteiger partial charge < -0.3 is 4.74 Å². The Bertz CT molecular complexity index is 339. The van der Waals surface area contributed by atoms with Gasteiger partial charge in [0.15, 0.2) is 11.6 Å². The summed E-state index contributed by atoms with van der Waals surface area (Å²) in [5.74, 6) is -1.08. The number of carbonyl (C=O) groups excluding carboxylic acids is 1. The molecule has 0 aliphatic carbocycles. The minimum Gasteiger partial charge on any atom is -0.374 e. The van der Waals surface area contributed by atoms with Crippen molar-refractivity contribution in [2.75, 3.05) is 13.2 Å². The first-order valence-electron chi connectivity index (χ1n) is 4.21. The number of hydrogen-bond acceptors (Lipinski definition) is 2. The number of benzene rings is 1. The van der Waals surface area contributed by atoms with Crippen LogP contribution in [-0.4, -0.2) is 19.0 Å². The Morgan fingerprint density at radius 1 is 1.57 bits per heavy atom. The van der Waals surface area contributed by atoms with Crippen LogP contribution in [0.15, 0.2) is 18.2 Å². The van der Waals surface area contributed by atoms with E-state index in [4.69, 9.17) is 16.3 Å². The van der Waals surface area contributed by atoms with E-state index in [2.05, 4.69) is 0 Å². The van der Waals surface area contributed by atoms with Crippen LogP contribution in [0.2, 0.25) is 5.02 Å². The molecule has 0 spiro atoms. The molecule has 14 heavy (non-hydrogen) atoms. The monoisotopic (exact) mass is 216 g/mol. The third-order valence-electron chi connectivity index (χ3n) is 1.69. The van der Waals surface area contributed by atoms with E-state index in [1.807, 2.05) is 0 Å². The zero-order valence-corrected chi connectivity index (χ0v) is 8.47. The molecule has 0 aromatic heterocycles. The van der Waals surface area contributed by atoms with Gasteiger partial charge in [-0.25, -0.2) is 4.39 Å². The van der Waals surface area contributed by atoms with Gasteiger partial charge in [0.25, 0.3) is 0 Å². The van der Waals surface area contributed by atoms with Crippen LogP contribution in [0.5, 0.6) is 0 Å². The van der Waals surface area contributed by atoms with Crippen molar-refractivity contribution in [2.45, 2.75) is 6.92 Å². The summed E-state index contributed by atoms with van der Waals surface area (Å²) in [6.45, 7) is 2.07. The molecule has 76 valence electrons. The summed E-state index contributed by atoms with van der Waals surface area (Å²) in [5.41, 5.74) is -0.0223. The highest BCUT2D eigenvalue weighted by Crippen LogP contribution is 2.18. The largest absolute Gasteiger partial charge is 0.374 e. The predicted octanol–water partition coefficient (Wildman–Crippen LogP) is 2.70. The van der Waals surface area contributed by atoms with Crippen molar-refractivity contribution in [3.05, 3.63) is 34.6 Å². The summed E-state index contributed by atoms with van der Waals surface area (Å²) in [5, 5.41) is -0.0488. The molecule has 0 amide bonds. The average molecular weight is 217 g/mol. The first-order chi connectivity index (χ1) is 6.66. The van der Waals surface area contributed by atoms with Crippen LogP contribution in [0.25, 0.3) is 0 Å². The van der Waals surface area contributed by atoms with Gasteiger partial charge in [0, 0.05) is 6.61 Å². The zero-order valence-electron chi connectivity index (χ0n) is 7.72. The normalized spacial score (nSPS) is 10.2. The summed E-state index contributed by atoms with van der Waals surface area (Å²) >= 11 is 5.52. The molecule has 0 bridgehead atoms. The van der Waals surface area contributed by atoms with Gasteiger partial charge in [-0.3, -0.25) is 4.79 Å². The Morgan fingerprint density at radius 2 is 2.29 bits per heavy atom. The van der Waals surface area contributed by atoms with E-state index >= 15 is 0 Å². The van der Waals surface area contributed by atoms with E-state index in [-0.39, 0.29) is 17.2 Å². The SMILES string of the molecule is CCOCC(=O)c1cccc(Cl)c1F. The fraction of sp³-hybridized carbons (Fsp3) is 0.300. The number of hydrogen-bond donors (Lipinski definition) is 0. The lowest BCUT2D eigenvalue weighted by atomic mass is 10.1. The number of ether oxygens (including phenoxy) is 1.